The van der Waals surface area contributed by atoms with Crippen LogP contribution >= 0.6 is 0 Å². The van der Waals surface area contributed by atoms with Crippen LogP contribution < -0.4 is 41.9 Å². The maximum absolute atomic E-state index is 13.4. The van der Waals surface area contributed by atoms with Gasteiger partial charge in [0, 0.05) is 51.9 Å². The maximum atomic E-state index is 13.4. The van der Waals surface area contributed by atoms with E-state index in [0.29, 0.717) is 49.0 Å². The lowest BCUT2D eigenvalue weighted by atomic mass is 9.48. The molecule has 9 N–H and O–H groups in total. The number of ketones is 1. The average Bonchev–Trinajstić information content (AvgIpc) is 3.42. The van der Waals surface area contributed by atoms with Crippen LogP contribution in [0.2, 0.25) is 0 Å². The van der Waals surface area contributed by atoms with Gasteiger partial charge in [0.2, 0.25) is 17.7 Å². The number of hydrogen-bond acceptors (Lipinski definition) is 8. The van der Waals surface area contributed by atoms with Crippen LogP contribution in [0.15, 0.2) is 24.8 Å². The monoisotopic (exact) mass is 698 g/mol. The highest BCUT2D eigenvalue weighted by Crippen LogP contribution is 2.65. The van der Waals surface area contributed by atoms with E-state index in [2.05, 4.69) is 34.6 Å². The number of aliphatic hydroxyl groups is 1. The second-order valence-corrected chi connectivity index (χ2v) is 14.1. The summed E-state index contributed by atoms with van der Waals surface area (Å²) < 4.78 is 12.8. The molecule has 272 valence electrons. The molecule has 0 radical (unpaired) electrons. The van der Waals surface area contributed by atoms with Crippen LogP contribution in [0, 0.1) is 0 Å². The summed E-state index contributed by atoms with van der Waals surface area (Å²) in [4.78, 5) is 67.2. The van der Waals surface area contributed by atoms with Gasteiger partial charge in [-0.3, -0.25) is 35.6 Å². The molecule has 1 aromatic rings. The molecule has 2 fully saturated rings. The molecule has 5 rings (SSSR count). The van der Waals surface area contributed by atoms with E-state index in [1.165, 1.54) is 18.9 Å². The van der Waals surface area contributed by atoms with E-state index >= 15 is 0 Å². The van der Waals surface area contributed by atoms with Gasteiger partial charge in [-0.1, -0.05) is 12.6 Å². The van der Waals surface area contributed by atoms with E-state index in [1.54, 1.807) is 6.07 Å². The fourth-order valence-electron chi connectivity index (χ4n) is 8.40. The van der Waals surface area contributed by atoms with Gasteiger partial charge in [-0.25, -0.2) is 4.79 Å². The van der Waals surface area contributed by atoms with Crippen LogP contribution in [0.4, 0.5) is 4.79 Å². The van der Waals surface area contributed by atoms with Crippen LogP contribution in [0.3, 0.4) is 0 Å². The highest BCUT2D eigenvalue weighted by Gasteiger charge is 2.76. The number of piperidine rings is 1. The molecule has 2 bridgehead atoms. The van der Waals surface area contributed by atoms with Crippen LogP contribution in [-0.4, -0.2) is 127 Å². The number of Topliss-reactive ketones (excluding diaryl/α,β-unsaturated/α-hetero) is 1. The Morgan fingerprint density at radius 2 is 2.02 bits per heavy atom. The number of carbonyl (C=O) groups excluding carboxylic acids is 5. The maximum Gasteiger partial charge on any atom is 0.415 e. The van der Waals surface area contributed by atoms with Gasteiger partial charge in [0.1, 0.15) is 17.7 Å². The molecule has 6 atom stereocenters. The predicted octanol–water partition coefficient (Wildman–Crippen LogP) is -2.96. The summed E-state index contributed by atoms with van der Waals surface area (Å²) in [5, 5.41) is 20.3. The van der Waals surface area contributed by atoms with Crippen LogP contribution in [0.1, 0.15) is 50.2 Å². The van der Waals surface area contributed by atoms with Gasteiger partial charge >= 0.3 is 12.1 Å². The minimum absolute atomic E-state index is 0.0353. The predicted molar refractivity (Wildman–Crippen MR) is 181 cm³/mol. The van der Waals surface area contributed by atoms with Gasteiger partial charge in [-0.2, -0.15) is 0 Å². The van der Waals surface area contributed by atoms with E-state index in [1.807, 2.05) is 12.1 Å². The van der Waals surface area contributed by atoms with E-state index in [4.69, 9.17) is 20.9 Å². The van der Waals surface area contributed by atoms with Gasteiger partial charge in [0.05, 0.1) is 38.6 Å². The summed E-state index contributed by atoms with van der Waals surface area (Å²) in [6, 6.07) is 2.52. The minimum atomic E-state index is -1.18. The molecule has 1 spiro atoms. The first-order chi connectivity index (χ1) is 23.7. The number of amides is 4. The quantitative estimate of drug-likeness (QED) is 0.0343. The topological polar surface area (TPSA) is 229 Å². The molecule has 16 nitrogen and oxygen atoms in total. The number of nitrogens with zero attached hydrogens (tertiary/aromatic N) is 2. The Balaban J connectivity index is 1.25. The molecule has 2 aliphatic carbocycles. The standard InChI is InChI=1S/C34H48N8O8/c1-5-16-42(4)17-12-33-27-21-8-9-24(28(27)50-29(33)23(44)10-11-34(33,48)25(42)18-21)49-32(47)41(3)15-14-37-30(46)22(7-6-13-38-31(35)36)40-26(45)19-39-20(2)43/h5,8-9,22,25,29,48H,1,6-7,10-19H2,2-4H3,(H6-,35,36,37,38,39,40,43,45,46)/p+2/t22-,25+,29-,33-,34+,42?/m0/s1. The zero-order valence-electron chi connectivity index (χ0n) is 29.0. The van der Waals surface area contributed by atoms with Crippen molar-refractivity contribution >= 4 is 35.6 Å². The van der Waals surface area contributed by atoms with Crippen molar-refractivity contribution in [2.75, 3.05) is 53.4 Å². The Labute approximate surface area is 291 Å². The van der Waals surface area contributed by atoms with Crippen LogP contribution in [-0.2, 0) is 31.0 Å². The molecule has 1 aromatic carbocycles. The number of nitrogens with one attached hydrogen (secondary N) is 4. The molecule has 2 aliphatic heterocycles. The molecule has 1 saturated carbocycles. The lowest BCUT2D eigenvalue weighted by Crippen LogP contribution is -2.80. The van der Waals surface area contributed by atoms with E-state index in [0.717, 1.165) is 17.7 Å². The number of benzene rings is 1. The number of likely N-dealkylation sites (tertiary alicyclic amines) is 1. The number of quaternary nitrogens is 1. The average molecular weight is 699 g/mol. The van der Waals surface area contributed by atoms with Crippen molar-refractivity contribution in [3.63, 3.8) is 0 Å². The molecule has 50 heavy (non-hydrogen) atoms. The first-order valence-corrected chi connectivity index (χ1v) is 17.1. The third-order valence-electron chi connectivity index (χ3n) is 10.8. The zero-order valence-corrected chi connectivity index (χ0v) is 29.0. The molecule has 1 saturated heterocycles. The Kier molecular flexibility index (Phi) is 10.4. The first kappa shape index (κ1) is 36.6. The fourth-order valence-corrected chi connectivity index (χ4v) is 8.40. The Hall–Kier alpha value is -4.70. The van der Waals surface area contributed by atoms with Crippen molar-refractivity contribution in [1.82, 2.24) is 20.9 Å². The van der Waals surface area contributed by atoms with Crippen molar-refractivity contribution in [3.8, 4) is 11.5 Å². The fraction of sp³-hybridized carbons (Fsp3) is 0.588. The Morgan fingerprint density at radius 3 is 2.72 bits per heavy atom. The number of nitrogens with two attached hydrogens (primary N) is 2. The minimum Gasteiger partial charge on any atom is -0.477 e. The van der Waals surface area contributed by atoms with Crippen LogP contribution in [0.5, 0.6) is 11.5 Å². The smallest absolute Gasteiger partial charge is 0.415 e. The molecule has 1 unspecified atom stereocenters. The second kappa shape index (κ2) is 14.3. The van der Waals surface area contributed by atoms with E-state index < -0.39 is 41.1 Å². The second-order valence-electron chi connectivity index (χ2n) is 14.1. The molecular formula is C34H50N8O8+2. The number of hydrogen-bond donors (Lipinski definition) is 7. The molecule has 4 aliphatic rings. The summed E-state index contributed by atoms with van der Waals surface area (Å²) in [7, 11) is 3.66. The van der Waals surface area contributed by atoms with Gasteiger partial charge < -0.3 is 39.9 Å². The van der Waals surface area contributed by atoms with Crippen molar-refractivity contribution in [2.24, 2.45) is 11.5 Å². The van der Waals surface area contributed by atoms with Gasteiger partial charge in [0.15, 0.2) is 23.4 Å². The molecule has 0 aromatic heterocycles. The summed E-state index contributed by atoms with van der Waals surface area (Å²) in [5.74, 6) is -0.924. The SMILES string of the molecule is C=CC[N+]1(C)CC[C@]23c4c5ccc(OC(=O)N(C)CCNC(=O)[C@H](CCC[NH+]=C(N)N)NC(=O)CNC(C)=O)c4O[C@H]2C(=O)CC[C@@]3(O)[C@H]1C5. The molecule has 4 amide bonds. The third kappa shape index (κ3) is 6.61. The molecule has 16 heteroatoms. The largest absolute Gasteiger partial charge is 0.477 e. The van der Waals surface area contributed by atoms with Gasteiger partial charge in [-0.15, -0.1) is 0 Å². The highest BCUT2D eigenvalue weighted by molar-refractivity contribution is 5.91. The summed E-state index contributed by atoms with van der Waals surface area (Å²) in [5.41, 5.74) is 10.5. The summed E-state index contributed by atoms with van der Waals surface area (Å²) in [6.45, 7) is 6.88. The lowest BCUT2D eigenvalue weighted by Gasteiger charge is -2.64. The third-order valence-corrected chi connectivity index (χ3v) is 10.8. The van der Waals surface area contributed by atoms with E-state index in [-0.39, 0.29) is 61.9 Å². The lowest BCUT2D eigenvalue weighted by molar-refractivity contribution is -0.944. The Bertz CT molecular complexity index is 1600. The Morgan fingerprint density at radius 1 is 1.26 bits per heavy atom. The number of likely N-dealkylation sites (N-methyl/N-ethyl adjacent to an activating group) is 2. The normalized spacial score (nSPS) is 27.5. The zero-order chi connectivity index (χ0) is 36.4. The number of guanidine groups is 1. The van der Waals surface area contributed by atoms with Crippen molar-refractivity contribution in [3.05, 3.63) is 35.9 Å². The van der Waals surface area contributed by atoms with Crippen molar-refractivity contribution < 1.29 is 48.0 Å². The number of rotatable bonds is 14. The van der Waals surface area contributed by atoms with E-state index in [9.17, 15) is 29.1 Å². The van der Waals surface area contributed by atoms with Crippen molar-refractivity contribution in [1.29, 1.82) is 0 Å². The summed E-state index contributed by atoms with van der Waals surface area (Å²) in [6.07, 6.45) is 2.70. The highest BCUT2D eigenvalue weighted by atomic mass is 16.6. The van der Waals surface area contributed by atoms with Gasteiger partial charge in [0.25, 0.3) is 0 Å². The molecular weight excluding hydrogens is 648 g/mol. The van der Waals surface area contributed by atoms with Gasteiger partial charge in [-0.05, 0) is 37.0 Å². The van der Waals surface area contributed by atoms with Crippen molar-refractivity contribution in [2.45, 2.75) is 74.7 Å². The van der Waals surface area contributed by atoms with Crippen LogP contribution in [0.25, 0.3) is 0 Å². The number of ether oxygens (including phenoxy) is 2. The summed E-state index contributed by atoms with van der Waals surface area (Å²) >= 11 is 0. The molecule has 2 heterocycles. The number of carbonyl (C=O) groups is 5. The first-order valence-electron chi connectivity index (χ1n) is 17.1.